The molecule has 3 heterocycles. The first-order valence-electron chi connectivity index (χ1n) is 12.5. The number of nitrogens with zero attached hydrogens (tertiary/aromatic N) is 2. The molecule has 0 bridgehead atoms. The van der Waals surface area contributed by atoms with E-state index in [1.807, 2.05) is 72.8 Å². The fourth-order valence-corrected chi connectivity index (χ4v) is 7.86. The summed E-state index contributed by atoms with van der Waals surface area (Å²) in [4.78, 5) is 0. The minimum absolute atomic E-state index is 0.797. The Kier molecular flexibility index (Phi) is 6.04. The predicted molar refractivity (Wildman–Crippen MR) is 153 cm³/mol. The maximum absolute atomic E-state index is 6.52. The van der Waals surface area contributed by atoms with Gasteiger partial charge in [-0.15, -0.1) is 0 Å². The van der Waals surface area contributed by atoms with Crippen molar-refractivity contribution in [3.63, 3.8) is 0 Å². The largest absolute Gasteiger partial charge is 0.408 e. The van der Waals surface area contributed by atoms with Crippen molar-refractivity contribution < 1.29 is 16.8 Å². The van der Waals surface area contributed by atoms with Gasteiger partial charge in [-0.25, -0.2) is 9.34 Å². The molecule has 37 heavy (non-hydrogen) atoms. The van der Waals surface area contributed by atoms with Gasteiger partial charge in [0, 0.05) is 47.7 Å². The molecule has 6 aromatic rings. The van der Waals surface area contributed by atoms with Crippen LogP contribution in [0.5, 0.6) is 0 Å². The molecule has 0 unspecified atom stereocenters. The van der Waals surface area contributed by atoms with Gasteiger partial charge in [0.1, 0.15) is 22.3 Å². The van der Waals surface area contributed by atoms with E-state index in [1.165, 1.54) is 0 Å². The molecule has 8 heteroatoms. The number of fused-ring (bicyclic) bond motifs is 6. The minimum Gasteiger partial charge on any atom is -0.408 e. The molecule has 1 aliphatic rings. The van der Waals surface area contributed by atoms with Crippen LogP contribution < -0.4 is 9.34 Å². The van der Waals surface area contributed by atoms with Gasteiger partial charge in [0.25, 0.3) is 0 Å². The van der Waals surface area contributed by atoms with Crippen LogP contribution in [0, 0.1) is 0 Å². The second-order valence-electron chi connectivity index (χ2n) is 9.09. The summed E-state index contributed by atoms with van der Waals surface area (Å²) in [7, 11) is -2.60. The lowest BCUT2D eigenvalue weighted by atomic mass is 10.1. The Labute approximate surface area is 215 Å². The summed E-state index contributed by atoms with van der Waals surface area (Å²) in [5.74, 6) is 0. The fourth-order valence-electron chi connectivity index (χ4n) is 4.90. The number of benzene rings is 4. The van der Waals surface area contributed by atoms with Crippen molar-refractivity contribution in [2.24, 2.45) is 0 Å². The fraction of sp³-hybridized carbons (Fsp3) is 0.172. The van der Waals surface area contributed by atoms with E-state index in [9.17, 15) is 0 Å². The molecule has 1 fully saturated rings. The highest BCUT2D eigenvalue weighted by Gasteiger charge is 2.23. The minimum atomic E-state index is -1.30. The number of rotatable bonds is 2. The summed E-state index contributed by atoms with van der Waals surface area (Å²) >= 11 is 0. The SMILES string of the molecule is c1ccc2c(c1)op(N1CCCN(p3oc4ccccc4c4ccccc4o3)CC1)oc1ccccc12. The molecule has 7 rings (SSSR count). The summed E-state index contributed by atoms with van der Waals surface area (Å²) in [6.45, 7) is 3.35. The first-order valence-corrected chi connectivity index (χ1v) is 14.8. The van der Waals surface area contributed by atoms with Gasteiger partial charge in [0.2, 0.25) is 0 Å². The number of hydrogen-bond acceptors (Lipinski definition) is 6. The van der Waals surface area contributed by atoms with E-state index < -0.39 is 16.3 Å². The average Bonchev–Trinajstić information content (AvgIpc) is 3.36. The van der Waals surface area contributed by atoms with E-state index in [-0.39, 0.29) is 0 Å². The van der Waals surface area contributed by atoms with Crippen LogP contribution in [0.25, 0.3) is 43.9 Å². The molecule has 2 aromatic heterocycles. The maximum atomic E-state index is 6.52. The van der Waals surface area contributed by atoms with E-state index in [2.05, 4.69) is 33.6 Å². The molecule has 186 valence electrons. The molecular formula is C29H26N2O4P2. The number of para-hydroxylation sites is 4. The van der Waals surface area contributed by atoms with Crippen molar-refractivity contribution in [2.45, 2.75) is 6.42 Å². The highest BCUT2D eigenvalue weighted by molar-refractivity contribution is 7.39. The van der Waals surface area contributed by atoms with Gasteiger partial charge in [0.05, 0.1) is 0 Å². The molecule has 4 aromatic carbocycles. The molecule has 0 radical (unpaired) electrons. The Hall–Kier alpha value is -3.40. The van der Waals surface area contributed by atoms with Crippen LogP contribution in [-0.2, 0) is 0 Å². The van der Waals surface area contributed by atoms with E-state index in [1.54, 1.807) is 0 Å². The maximum Gasteiger partial charge on any atom is 0.309 e. The van der Waals surface area contributed by atoms with E-state index >= 15 is 0 Å². The quantitative estimate of drug-likeness (QED) is 0.224. The van der Waals surface area contributed by atoms with Crippen LogP contribution in [0.4, 0.5) is 0 Å². The monoisotopic (exact) mass is 528 g/mol. The Morgan fingerprint density at radius 1 is 0.405 bits per heavy atom. The van der Waals surface area contributed by atoms with Crippen LogP contribution in [0.2, 0.25) is 0 Å². The Morgan fingerprint density at radius 3 is 1.03 bits per heavy atom. The van der Waals surface area contributed by atoms with Gasteiger partial charge in [-0.3, -0.25) is 0 Å². The molecule has 0 aliphatic carbocycles. The third kappa shape index (κ3) is 4.37. The van der Waals surface area contributed by atoms with E-state index in [0.29, 0.717) is 0 Å². The van der Waals surface area contributed by atoms with Crippen LogP contribution in [-0.4, -0.2) is 26.2 Å². The first-order chi connectivity index (χ1) is 18.3. The Bertz CT molecular complexity index is 1570. The van der Waals surface area contributed by atoms with Gasteiger partial charge < -0.3 is 16.8 Å². The zero-order valence-electron chi connectivity index (χ0n) is 20.2. The molecule has 0 atom stereocenters. The lowest BCUT2D eigenvalue weighted by Gasteiger charge is -2.17. The van der Waals surface area contributed by atoms with Crippen molar-refractivity contribution in [2.75, 3.05) is 35.5 Å². The third-order valence-electron chi connectivity index (χ3n) is 6.74. The van der Waals surface area contributed by atoms with E-state index in [4.69, 9.17) is 16.8 Å². The van der Waals surface area contributed by atoms with Crippen molar-refractivity contribution >= 4 is 60.2 Å². The first kappa shape index (κ1) is 22.8. The van der Waals surface area contributed by atoms with Gasteiger partial charge in [-0.05, 0) is 30.7 Å². The standard InChI is InChI=1S/C29H26N2O4P2/c1-5-14-26-22(10-1)23-11-2-6-15-27(23)33-36(32-26)30-18-9-19-31(21-20-30)37-34-28-16-7-3-12-24(28)25-13-4-8-17-29(25)35-37/h1-8,10-17H,9,18-21H2. The zero-order valence-corrected chi connectivity index (χ0v) is 22.0. The summed E-state index contributed by atoms with van der Waals surface area (Å²) in [6, 6.07) is 32.8. The summed E-state index contributed by atoms with van der Waals surface area (Å²) in [6.07, 6.45) is 0.962. The molecule has 0 saturated carbocycles. The summed E-state index contributed by atoms with van der Waals surface area (Å²) < 4.78 is 30.8. The van der Waals surface area contributed by atoms with Crippen molar-refractivity contribution in [3.8, 4) is 0 Å². The predicted octanol–water partition coefficient (Wildman–Crippen LogP) is 8.87. The van der Waals surface area contributed by atoms with E-state index in [0.717, 1.165) is 76.5 Å². The normalized spacial score (nSPS) is 15.4. The smallest absolute Gasteiger partial charge is 0.309 e. The molecule has 1 aliphatic heterocycles. The lowest BCUT2D eigenvalue weighted by Crippen LogP contribution is -2.27. The van der Waals surface area contributed by atoms with Gasteiger partial charge in [-0.1, -0.05) is 72.8 Å². The Balaban J connectivity index is 1.28. The highest BCUT2D eigenvalue weighted by atomic mass is 31.1. The lowest BCUT2D eigenvalue weighted by molar-refractivity contribution is 0.618. The summed E-state index contributed by atoms with van der Waals surface area (Å²) in [5, 5.41) is 4.28. The second-order valence-corrected chi connectivity index (χ2v) is 11.9. The molecule has 1 saturated heterocycles. The molecular weight excluding hydrogens is 502 g/mol. The zero-order chi connectivity index (χ0) is 24.6. The Morgan fingerprint density at radius 2 is 0.703 bits per heavy atom. The van der Waals surface area contributed by atoms with Crippen LogP contribution in [0.3, 0.4) is 0 Å². The molecule has 0 amide bonds. The third-order valence-corrected chi connectivity index (χ3v) is 9.88. The molecule has 0 spiro atoms. The van der Waals surface area contributed by atoms with Crippen LogP contribution in [0.15, 0.2) is 114 Å². The van der Waals surface area contributed by atoms with Gasteiger partial charge in [0.15, 0.2) is 0 Å². The molecule has 0 N–H and O–H groups in total. The van der Waals surface area contributed by atoms with Crippen molar-refractivity contribution in [1.82, 2.24) is 0 Å². The second kappa shape index (κ2) is 9.81. The van der Waals surface area contributed by atoms with Crippen LogP contribution in [0.1, 0.15) is 6.42 Å². The van der Waals surface area contributed by atoms with Gasteiger partial charge >= 0.3 is 16.3 Å². The van der Waals surface area contributed by atoms with Gasteiger partial charge in [-0.2, -0.15) is 0 Å². The summed E-state index contributed by atoms with van der Waals surface area (Å²) in [5.41, 5.74) is 3.47. The average molecular weight is 528 g/mol. The van der Waals surface area contributed by atoms with Crippen molar-refractivity contribution in [1.29, 1.82) is 0 Å². The number of hydrogen-bond donors (Lipinski definition) is 0. The highest BCUT2D eigenvalue weighted by Crippen LogP contribution is 2.40. The molecule has 6 nitrogen and oxygen atoms in total. The topological polar surface area (TPSA) is 59.0 Å². The van der Waals surface area contributed by atoms with Crippen LogP contribution >= 0.6 is 16.3 Å². The van der Waals surface area contributed by atoms with Crippen molar-refractivity contribution in [3.05, 3.63) is 97.1 Å².